The number of anilines is 1. The van der Waals surface area contributed by atoms with Gasteiger partial charge in [-0.2, -0.15) is 0 Å². The van der Waals surface area contributed by atoms with Crippen LogP contribution in [-0.4, -0.2) is 24.1 Å². The van der Waals surface area contributed by atoms with Gasteiger partial charge in [0, 0.05) is 36.7 Å². The molecule has 1 unspecified atom stereocenters. The first-order valence-corrected chi connectivity index (χ1v) is 5.63. The highest BCUT2D eigenvalue weighted by Crippen LogP contribution is 2.22. The molecule has 0 saturated carbocycles. The summed E-state index contributed by atoms with van der Waals surface area (Å²) in [6, 6.07) is 4.59. The van der Waals surface area contributed by atoms with Crippen LogP contribution in [0.3, 0.4) is 0 Å². The number of hydrogen-bond acceptors (Lipinski definition) is 3. The molecule has 0 spiro atoms. The fourth-order valence-electron chi connectivity index (χ4n) is 1.97. The van der Waals surface area contributed by atoms with Crippen LogP contribution in [0.1, 0.15) is 31.9 Å². The smallest absolute Gasteiger partial charge is 0.0449 e. The minimum Gasteiger partial charge on any atom is -0.370 e. The lowest BCUT2D eigenvalue weighted by Gasteiger charge is -2.19. The normalized spacial score (nSPS) is 21.3. The number of aromatic nitrogens is 1. The van der Waals surface area contributed by atoms with Gasteiger partial charge in [0.1, 0.15) is 0 Å². The predicted molar refractivity (Wildman–Crippen MR) is 63.1 cm³/mol. The van der Waals surface area contributed by atoms with Gasteiger partial charge in [0.2, 0.25) is 0 Å². The minimum absolute atomic E-state index is 0.334. The highest BCUT2D eigenvalue weighted by atomic mass is 15.2. The largest absolute Gasteiger partial charge is 0.370 e. The Balaban J connectivity index is 2.18. The van der Waals surface area contributed by atoms with Crippen LogP contribution >= 0.6 is 0 Å². The summed E-state index contributed by atoms with van der Waals surface area (Å²) in [7, 11) is 0. The minimum atomic E-state index is 0.334. The molecule has 0 bridgehead atoms. The van der Waals surface area contributed by atoms with E-state index in [-0.39, 0.29) is 0 Å². The molecule has 0 aromatic carbocycles. The SMILES string of the molecule is CC(C)c1cc(N2CCC(N)C2)ccn1. The van der Waals surface area contributed by atoms with Crippen LogP contribution in [0.15, 0.2) is 18.3 Å². The molecule has 1 fully saturated rings. The van der Waals surface area contributed by atoms with E-state index in [1.165, 1.54) is 5.69 Å². The monoisotopic (exact) mass is 205 g/mol. The molecule has 2 N–H and O–H groups in total. The molecule has 82 valence electrons. The van der Waals surface area contributed by atoms with E-state index in [4.69, 9.17) is 5.73 Å². The summed E-state index contributed by atoms with van der Waals surface area (Å²) in [5, 5.41) is 0. The lowest BCUT2D eigenvalue weighted by molar-refractivity contribution is 0.752. The molecule has 0 aliphatic carbocycles. The van der Waals surface area contributed by atoms with E-state index >= 15 is 0 Å². The predicted octanol–water partition coefficient (Wildman–Crippen LogP) is 1.74. The van der Waals surface area contributed by atoms with Crippen LogP contribution in [0.4, 0.5) is 5.69 Å². The van der Waals surface area contributed by atoms with Crippen molar-refractivity contribution in [2.75, 3.05) is 18.0 Å². The zero-order chi connectivity index (χ0) is 10.8. The third-order valence-corrected chi connectivity index (χ3v) is 2.95. The summed E-state index contributed by atoms with van der Waals surface area (Å²) in [6.07, 6.45) is 2.99. The Labute approximate surface area is 91.3 Å². The Bertz CT molecular complexity index is 335. The highest BCUT2D eigenvalue weighted by Gasteiger charge is 2.19. The van der Waals surface area contributed by atoms with Gasteiger partial charge < -0.3 is 10.6 Å². The second-order valence-corrected chi connectivity index (χ2v) is 4.59. The molecule has 2 heterocycles. The summed E-state index contributed by atoms with van der Waals surface area (Å²) in [6.45, 7) is 6.38. The molecule has 3 nitrogen and oxygen atoms in total. The van der Waals surface area contributed by atoms with Crippen LogP contribution in [0.5, 0.6) is 0 Å². The average molecular weight is 205 g/mol. The highest BCUT2D eigenvalue weighted by molar-refractivity contribution is 5.48. The summed E-state index contributed by atoms with van der Waals surface area (Å²) in [4.78, 5) is 6.72. The summed E-state index contributed by atoms with van der Waals surface area (Å²) >= 11 is 0. The zero-order valence-electron chi connectivity index (χ0n) is 9.48. The Kier molecular flexibility index (Phi) is 2.91. The van der Waals surface area contributed by atoms with Gasteiger partial charge in [-0.05, 0) is 24.5 Å². The molecule has 2 rings (SSSR count). The standard InChI is InChI=1S/C12H19N3/c1-9(2)12-7-11(3-5-14-12)15-6-4-10(13)8-15/h3,5,7,9-10H,4,6,8,13H2,1-2H3. The fraction of sp³-hybridized carbons (Fsp3) is 0.583. The van der Waals surface area contributed by atoms with E-state index in [2.05, 4.69) is 35.9 Å². The van der Waals surface area contributed by atoms with E-state index in [9.17, 15) is 0 Å². The fourth-order valence-corrected chi connectivity index (χ4v) is 1.97. The van der Waals surface area contributed by atoms with Crippen molar-refractivity contribution >= 4 is 5.69 Å². The molecule has 1 aromatic heterocycles. The van der Waals surface area contributed by atoms with E-state index in [1.54, 1.807) is 0 Å². The van der Waals surface area contributed by atoms with Gasteiger partial charge in [-0.3, -0.25) is 4.98 Å². The topological polar surface area (TPSA) is 42.1 Å². The maximum absolute atomic E-state index is 5.90. The molecule has 0 amide bonds. The average Bonchev–Trinajstić information content (AvgIpc) is 2.65. The van der Waals surface area contributed by atoms with Crippen molar-refractivity contribution in [3.05, 3.63) is 24.0 Å². The second-order valence-electron chi connectivity index (χ2n) is 4.59. The second kappa shape index (κ2) is 4.19. The number of nitrogens with zero attached hydrogens (tertiary/aromatic N) is 2. The lowest BCUT2D eigenvalue weighted by Crippen LogP contribution is -2.26. The van der Waals surface area contributed by atoms with E-state index in [1.807, 2.05) is 6.20 Å². The number of nitrogens with two attached hydrogens (primary N) is 1. The molecule has 1 aliphatic rings. The Morgan fingerprint density at radius 2 is 2.33 bits per heavy atom. The molecule has 1 aromatic rings. The third kappa shape index (κ3) is 2.29. The summed E-state index contributed by atoms with van der Waals surface area (Å²) in [5.41, 5.74) is 8.33. The van der Waals surface area contributed by atoms with Crippen molar-refractivity contribution in [1.82, 2.24) is 4.98 Å². The van der Waals surface area contributed by atoms with Crippen molar-refractivity contribution in [3.63, 3.8) is 0 Å². The summed E-state index contributed by atoms with van der Waals surface area (Å²) in [5.74, 6) is 0.487. The van der Waals surface area contributed by atoms with Crippen LogP contribution in [0.25, 0.3) is 0 Å². The molecule has 1 atom stereocenters. The van der Waals surface area contributed by atoms with Gasteiger partial charge in [-0.15, -0.1) is 0 Å². The van der Waals surface area contributed by atoms with Gasteiger partial charge >= 0.3 is 0 Å². The van der Waals surface area contributed by atoms with Crippen LogP contribution in [0, 0.1) is 0 Å². The zero-order valence-corrected chi connectivity index (χ0v) is 9.48. The first kappa shape index (κ1) is 10.4. The van der Waals surface area contributed by atoms with E-state index in [0.717, 1.165) is 25.2 Å². The molecular formula is C12H19N3. The first-order chi connectivity index (χ1) is 7.16. The maximum Gasteiger partial charge on any atom is 0.0449 e. The molecule has 3 heteroatoms. The summed E-state index contributed by atoms with van der Waals surface area (Å²) < 4.78 is 0. The van der Waals surface area contributed by atoms with Crippen molar-refractivity contribution in [2.45, 2.75) is 32.2 Å². The van der Waals surface area contributed by atoms with Crippen molar-refractivity contribution < 1.29 is 0 Å². The number of hydrogen-bond donors (Lipinski definition) is 1. The molecular weight excluding hydrogens is 186 g/mol. The van der Waals surface area contributed by atoms with E-state index in [0.29, 0.717) is 12.0 Å². The van der Waals surface area contributed by atoms with Crippen LogP contribution in [-0.2, 0) is 0 Å². The molecule has 1 saturated heterocycles. The first-order valence-electron chi connectivity index (χ1n) is 5.63. The van der Waals surface area contributed by atoms with Crippen molar-refractivity contribution in [2.24, 2.45) is 5.73 Å². The van der Waals surface area contributed by atoms with Crippen molar-refractivity contribution in [1.29, 1.82) is 0 Å². The van der Waals surface area contributed by atoms with Gasteiger partial charge in [-0.1, -0.05) is 13.8 Å². The van der Waals surface area contributed by atoms with Gasteiger partial charge in [0.15, 0.2) is 0 Å². The molecule has 1 aliphatic heterocycles. The quantitative estimate of drug-likeness (QED) is 0.799. The van der Waals surface area contributed by atoms with Gasteiger partial charge in [0.25, 0.3) is 0 Å². The van der Waals surface area contributed by atoms with Crippen LogP contribution in [0.2, 0.25) is 0 Å². The molecule has 0 radical (unpaired) electrons. The van der Waals surface area contributed by atoms with Crippen LogP contribution < -0.4 is 10.6 Å². The number of pyridine rings is 1. The maximum atomic E-state index is 5.90. The Hall–Kier alpha value is -1.09. The third-order valence-electron chi connectivity index (χ3n) is 2.95. The molecule has 15 heavy (non-hydrogen) atoms. The number of rotatable bonds is 2. The Morgan fingerprint density at radius 3 is 2.93 bits per heavy atom. The Morgan fingerprint density at radius 1 is 1.53 bits per heavy atom. The van der Waals surface area contributed by atoms with Gasteiger partial charge in [0.05, 0.1) is 0 Å². The lowest BCUT2D eigenvalue weighted by atomic mass is 10.1. The van der Waals surface area contributed by atoms with E-state index < -0.39 is 0 Å². The van der Waals surface area contributed by atoms with Gasteiger partial charge in [-0.25, -0.2) is 0 Å². The van der Waals surface area contributed by atoms with Crippen molar-refractivity contribution in [3.8, 4) is 0 Å².